The van der Waals surface area contributed by atoms with Crippen LogP contribution in [0.1, 0.15) is 54.4 Å². The van der Waals surface area contributed by atoms with Crippen molar-refractivity contribution in [3.05, 3.63) is 16.6 Å². The molecule has 0 radical (unpaired) electrons. The van der Waals surface area contributed by atoms with Gasteiger partial charge in [-0.15, -0.1) is 11.3 Å². The van der Waals surface area contributed by atoms with Gasteiger partial charge in [-0.25, -0.2) is 0 Å². The van der Waals surface area contributed by atoms with Crippen LogP contribution in [-0.2, 0) is 7.05 Å². The lowest BCUT2D eigenvalue weighted by Crippen LogP contribution is -2.31. The summed E-state index contributed by atoms with van der Waals surface area (Å²) in [4.78, 5) is 16.8. The van der Waals surface area contributed by atoms with Crippen LogP contribution in [0.4, 0.5) is 0 Å². The Morgan fingerprint density at radius 3 is 2.95 bits per heavy atom. The smallest absolute Gasteiger partial charge is 0.264 e. The summed E-state index contributed by atoms with van der Waals surface area (Å²) < 4.78 is 1.88. The number of fused-ring (bicyclic) bond motifs is 1. The van der Waals surface area contributed by atoms with E-state index in [2.05, 4.69) is 16.9 Å². The molecule has 1 atom stereocenters. The highest BCUT2D eigenvalue weighted by atomic mass is 32.1. The van der Waals surface area contributed by atoms with Gasteiger partial charge >= 0.3 is 0 Å². The zero-order valence-electron chi connectivity index (χ0n) is 13.8. The maximum absolute atomic E-state index is 12.8. The highest BCUT2D eigenvalue weighted by Gasteiger charge is 2.23. The fourth-order valence-corrected chi connectivity index (χ4v) is 4.62. The van der Waals surface area contributed by atoms with E-state index in [1.54, 1.807) is 11.3 Å². The Bertz CT molecular complexity index is 638. The first kappa shape index (κ1) is 15.5. The van der Waals surface area contributed by atoms with Gasteiger partial charge in [0.25, 0.3) is 5.91 Å². The van der Waals surface area contributed by atoms with Gasteiger partial charge < -0.3 is 4.90 Å². The zero-order valence-corrected chi connectivity index (χ0v) is 14.6. The van der Waals surface area contributed by atoms with Gasteiger partial charge in [0.1, 0.15) is 4.83 Å². The lowest BCUT2D eigenvalue weighted by atomic mass is 9.96. The van der Waals surface area contributed by atoms with Crippen molar-refractivity contribution in [3.63, 3.8) is 0 Å². The molecular formula is C17H25N3OS. The Morgan fingerprint density at radius 1 is 1.41 bits per heavy atom. The molecule has 120 valence electrons. The lowest BCUT2D eigenvalue weighted by Gasteiger charge is -2.19. The Balaban J connectivity index is 1.76. The number of nitrogens with zero attached hydrogens (tertiary/aromatic N) is 3. The fourth-order valence-electron chi connectivity index (χ4n) is 3.53. The fraction of sp³-hybridized carbons (Fsp3) is 0.647. The monoisotopic (exact) mass is 319 g/mol. The number of likely N-dealkylation sites (tertiary alicyclic amines) is 1. The lowest BCUT2D eigenvalue weighted by molar-refractivity contribution is 0.0765. The average molecular weight is 319 g/mol. The zero-order chi connectivity index (χ0) is 15.7. The van der Waals surface area contributed by atoms with Crippen molar-refractivity contribution in [2.75, 3.05) is 13.1 Å². The van der Waals surface area contributed by atoms with E-state index in [4.69, 9.17) is 0 Å². The molecule has 0 aromatic carbocycles. The number of hydrogen-bond donors (Lipinski definition) is 0. The molecule has 2 aromatic rings. The van der Waals surface area contributed by atoms with Gasteiger partial charge in [0.15, 0.2) is 0 Å². The first-order valence-electron chi connectivity index (χ1n) is 8.32. The minimum absolute atomic E-state index is 0.206. The van der Waals surface area contributed by atoms with Crippen molar-refractivity contribution in [3.8, 4) is 0 Å². The highest BCUT2D eigenvalue weighted by Crippen LogP contribution is 2.30. The summed E-state index contributed by atoms with van der Waals surface area (Å²) in [5.41, 5.74) is 1.01. The molecule has 2 aromatic heterocycles. The molecule has 0 bridgehead atoms. The van der Waals surface area contributed by atoms with Gasteiger partial charge in [0.05, 0.1) is 10.6 Å². The van der Waals surface area contributed by atoms with Crippen LogP contribution in [-0.4, -0.2) is 33.7 Å². The van der Waals surface area contributed by atoms with Crippen LogP contribution in [0.15, 0.2) is 6.07 Å². The largest absolute Gasteiger partial charge is 0.338 e. The van der Waals surface area contributed by atoms with Gasteiger partial charge in [-0.1, -0.05) is 19.8 Å². The van der Waals surface area contributed by atoms with Crippen LogP contribution in [0, 0.1) is 12.8 Å². The quantitative estimate of drug-likeness (QED) is 0.858. The van der Waals surface area contributed by atoms with E-state index < -0.39 is 0 Å². The van der Waals surface area contributed by atoms with Gasteiger partial charge in [0, 0.05) is 25.5 Å². The van der Waals surface area contributed by atoms with Crippen LogP contribution in [0.2, 0.25) is 0 Å². The summed E-state index contributed by atoms with van der Waals surface area (Å²) in [5.74, 6) is 1.01. The summed E-state index contributed by atoms with van der Waals surface area (Å²) in [6.45, 7) is 6.07. The van der Waals surface area contributed by atoms with E-state index in [0.29, 0.717) is 0 Å². The molecule has 0 spiro atoms. The molecule has 1 aliphatic rings. The maximum atomic E-state index is 12.8. The molecule has 5 heteroatoms. The Labute approximate surface area is 136 Å². The van der Waals surface area contributed by atoms with Crippen LogP contribution in [0.3, 0.4) is 0 Å². The summed E-state index contributed by atoms with van der Waals surface area (Å²) >= 11 is 1.57. The van der Waals surface area contributed by atoms with Crippen molar-refractivity contribution in [1.29, 1.82) is 0 Å². The molecule has 1 aliphatic heterocycles. The van der Waals surface area contributed by atoms with Crippen molar-refractivity contribution in [1.82, 2.24) is 14.7 Å². The third-order valence-corrected chi connectivity index (χ3v) is 5.93. The van der Waals surface area contributed by atoms with Crippen LogP contribution >= 0.6 is 11.3 Å². The third-order valence-electron chi connectivity index (χ3n) is 4.74. The van der Waals surface area contributed by atoms with E-state index >= 15 is 0 Å². The molecule has 0 saturated carbocycles. The highest BCUT2D eigenvalue weighted by molar-refractivity contribution is 7.20. The average Bonchev–Trinajstić information content (AvgIpc) is 2.94. The summed E-state index contributed by atoms with van der Waals surface area (Å²) in [7, 11) is 1.95. The van der Waals surface area contributed by atoms with Crippen molar-refractivity contribution in [2.24, 2.45) is 13.0 Å². The van der Waals surface area contributed by atoms with Crippen molar-refractivity contribution < 1.29 is 4.79 Å². The predicted molar refractivity (Wildman–Crippen MR) is 91.5 cm³/mol. The van der Waals surface area contributed by atoms with E-state index in [1.807, 2.05) is 24.7 Å². The van der Waals surface area contributed by atoms with Crippen LogP contribution in [0.5, 0.6) is 0 Å². The number of carbonyl (C=O) groups is 1. The molecule has 1 saturated heterocycles. The second-order valence-corrected chi connectivity index (χ2v) is 7.45. The Kier molecular flexibility index (Phi) is 4.52. The maximum Gasteiger partial charge on any atom is 0.264 e. The van der Waals surface area contributed by atoms with Gasteiger partial charge in [0.2, 0.25) is 0 Å². The van der Waals surface area contributed by atoms with E-state index in [9.17, 15) is 4.79 Å². The second kappa shape index (κ2) is 6.41. The van der Waals surface area contributed by atoms with Gasteiger partial charge in [-0.3, -0.25) is 9.48 Å². The van der Waals surface area contributed by atoms with Crippen molar-refractivity contribution >= 4 is 27.5 Å². The third kappa shape index (κ3) is 2.91. The van der Waals surface area contributed by atoms with Gasteiger partial charge in [-0.2, -0.15) is 5.10 Å². The molecule has 4 nitrogen and oxygen atoms in total. The molecule has 0 unspecified atom stereocenters. The number of carbonyl (C=O) groups excluding carboxylic acids is 1. The Hall–Kier alpha value is -1.36. The molecule has 22 heavy (non-hydrogen) atoms. The normalized spacial score (nSPS) is 19.6. The standard InChI is InChI=1S/C17H25N3OS/c1-4-6-13-7-5-9-20(10-8-13)16(21)15-11-14-12(2)18-19(3)17(14)22-15/h11,13H,4-10H2,1-3H3/t13-/m0/s1. The summed E-state index contributed by atoms with van der Waals surface area (Å²) in [6, 6.07) is 2.03. The number of aryl methyl sites for hydroxylation is 2. The molecule has 1 amide bonds. The molecule has 0 aliphatic carbocycles. The molecule has 3 heterocycles. The van der Waals surface area contributed by atoms with Crippen LogP contribution in [0.25, 0.3) is 10.2 Å². The molecule has 0 N–H and O–H groups in total. The molecule has 1 fully saturated rings. The minimum atomic E-state index is 0.206. The van der Waals surface area contributed by atoms with Gasteiger partial charge in [-0.05, 0) is 38.2 Å². The number of amides is 1. The van der Waals surface area contributed by atoms with Crippen LogP contribution < -0.4 is 0 Å². The predicted octanol–water partition coefficient (Wildman–Crippen LogP) is 3.99. The SMILES string of the molecule is CCC[C@H]1CCCN(C(=O)c2cc3c(C)nn(C)c3s2)CC1. The number of aromatic nitrogens is 2. The molecule has 3 rings (SSSR count). The molecular weight excluding hydrogens is 294 g/mol. The first-order valence-corrected chi connectivity index (χ1v) is 9.14. The van der Waals surface area contributed by atoms with Crippen molar-refractivity contribution in [2.45, 2.75) is 46.0 Å². The minimum Gasteiger partial charge on any atom is -0.338 e. The van der Waals surface area contributed by atoms with E-state index in [-0.39, 0.29) is 5.91 Å². The second-order valence-electron chi connectivity index (χ2n) is 6.42. The Morgan fingerprint density at radius 2 is 2.23 bits per heavy atom. The topological polar surface area (TPSA) is 38.1 Å². The first-order chi connectivity index (χ1) is 10.6. The number of hydrogen-bond acceptors (Lipinski definition) is 3. The number of rotatable bonds is 3. The summed E-state index contributed by atoms with van der Waals surface area (Å²) in [5, 5.41) is 5.53. The van der Waals surface area contributed by atoms with E-state index in [0.717, 1.165) is 52.6 Å². The number of thiophene rings is 1. The summed E-state index contributed by atoms with van der Waals surface area (Å²) in [6.07, 6.45) is 6.12. The van der Waals surface area contributed by atoms with E-state index in [1.165, 1.54) is 19.3 Å².